The van der Waals surface area contributed by atoms with Gasteiger partial charge in [0.2, 0.25) is 0 Å². The lowest BCUT2D eigenvalue weighted by atomic mass is 9.99. The van der Waals surface area contributed by atoms with Crippen molar-refractivity contribution in [3.05, 3.63) is 0 Å². The van der Waals surface area contributed by atoms with Crippen molar-refractivity contribution in [3.63, 3.8) is 0 Å². The lowest BCUT2D eigenvalue weighted by Gasteiger charge is -2.24. The zero-order valence-corrected chi connectivity index (χ0v) is 12.6. The second-order valence-corrected chi connectivity index (χ2v) is 6.51. The van der Waals surface area contributed by atoms with Gasteiger partial charge in [0.1, 0.15) is 6.04 Å². The molecule has 0 rings (SSSR count). The number of carbonyl (C=O) groups excluding carboxylic acids is 1. The summed E-state index contributed by atoms with van der Waals surface area (Å²) < 4.78 is -0.0631. The highest BCUT2D eigenvalue weighted by Crippen LogP contribution is 2.19. The van der Waals surface area contributed by atoms with Crippen LogP contribution in [0.4, 0.5) is 4.79 Å². The summed E-state index contributed by atoms with van der Waals surface area (Å²) in [6, 6.07) is -1.27. The number of nitrogens with one attached hydrogen (secondary N) is 2. The van der Waals surface area contributed by atoms with Gasteiger partial charge >= 0.3 is 12.0 Å². The van der Waals surface area contributed by atoms with Gasteiger partial charge in [-0.15, -0.1) is 0 Å². The molecule has 0 aliphatic rings. The number of amides is 2. The summed E-state index contributed by atoms with van der Waals surface area (Å²) in [5, 5.41) is 14.3. The van der Waals surface area contributed by atoms with Crippen molar-refractivity contribution < 1.29 is 14.7 Å². The van der Waals surface area contributed by atoms with Crippen molar-refractivity contribution in [3.8, 4) is 0 Å². The molecule has 0 unspecified atom stereocenters. The molecule has 0 heterocycles. The number of urea groups is 1. The van der Waals surface area contributed by atoms with E-state index in [1.54, 1.807) is 11.8 Å². The smallest absolute Gasteiger partial charge is 0.326 e. The van der Waals surface area contributed by atoms with E-state index in [9.17, 15) is 9.59 Å². The first-order valence-corrected chi connectivity index (χ1v) is 7.28. The van der Waals surface area contributed by atoms with Crippen LogP contribution in [0.2, 0.25) is 0 Å². The van der Waals surface area contributed by atoms with Gasteiger partial charge in [0.25, 0.3) is 0 Å². The predicted molar refractivity (Wildman–Crippen MR) is 75.0 cm³/mol. The van der Waals surface area contributed by atoms with Gasteiger partial charge in [0.05, 0.1) is 0 Å². The van der Waals surface area contributed by atoms with E-state index in [1.807, 2.05) is 34.0 Å². The molecule has 0 aliphatic heterocycles. The highest BCUT2D eigenvalue weighted by Gasteiger charge is 2.26. The molecule has 5 nitrogen and oxygen atoms in total. The van der Waals surface area contributed by atoms with Crippen LogP contribution in [0, 0.1) is 5.92 Å². The number of carboxylic acid groups (broad SMARTS) is 1. The van der Waals surface area contributed by atoms with Crippen LogP contribution < -0.4 is 10.6 Å². The first-order chi connectivity index (χ1) is 8.23. The Morgan fingerprint density at radius 3 is 2.33 bits per heavy atom. The Morgan fingerprint density at radius 1 is 1.39 bits per heavy atom. The van der Waals surface area contributed by atoms with Gasteiger partial charge in [-0.05, 0) is 26.0 Å². The van der Waals surface area contributed by atoms with Gasteiger partial charge in [-0.3, -0.25) is 0 Å². The lowest BCUT2D eigenvalue weighted by Crippen LogP contribution is -2.51. The minimum Gasteiger partial charge on any atom is -0.480 e. The average molecular weight is 276 g/mol. The second kappa shape index (κ2) is 7.51. The Morgan fingerprint density at radius 2 is 1.94 bits per heavy atom. The van der Waals surface area contributed by atoms with Crippen molar-refractivity contribution in [1.82, 2.24) is 10.6 Å². The number of aliphatic carboxylic acids is 1. The van der Waals surface area contributed by atoms with E-state index < -0.39 is 18.0 Å². The average Bonchev–Trinajstić information content (AvgIpc) is 2.32. The number of carbonyl (C=O) groups is 2. The van der Waals surface area contributed by atoms with Crippen LogP contribution in [0.5, 0.6) is 0 Å². The molecule has 3 N–H and O–H groups in total. The van der Waals surface area contributed by atoms with E-state index in [2.05, 4.69) is 10.6 Å². The van der Waals surface area contributed by atoms with Gasteiger partial charge in [-0.2, -0.15) is 11.8 Å². The van der Waals surface area contributed by atoms with Crippen molar-refractivity contribution in [2.24, 2.45) is 5.92 Å². The molecule has 0 aromatic heterocycles. The highest BCUT2D eigenvalue weighted by atomic mass is 32.2. The normalized spacial score (nSPS) is 14.7. The molecule has 0 aromatic carbocycles. The number of thioether (sulfide) groups is 1. The topological polar surface area (TPSA) is 78.4 Å². The maximum Gasteiger partial charge on any atom is 0.326 e. The third-order valence-electron chi connectivity index (χ3n) is 2.99. The molecular weight excluding hydrogens is 252 g/mol. The number of carboxylic acids is 1. The van der Waals surface area contributed by atoms with E-state index in [-0.39, 0.29) is 10.7 Å². The van der Waals surface area contributed by atoms with Crippen LogP contribution >= 0.6 is 11.8 Å². The van der Waals surface area contributed by atoms with Crippen LogP contribution in [0.25, 0.3) is 0 Å². The zero-order chi connectivity index (χ0) is 14.3. The maximum atomic E-state index is 11.6. The number of hydrogen-bond donors (Lipinski definition) is 3. The van der Waals surface area contributed by atoms with Crippen LogP contribution in [0.15, 0.2) is 0 Å². The largest absolute Gasteiger partial charge is 0.480 e. The third kappa shape index (κ3) is 6.14. The molecule has 0 saturated carbocycles. The second-order valence-electron chi connectivity index (χ2n) is 4.99. The van der Waals surface area contributed by atoms with Crippen LogP contribution in [0.3, 0.4) is 0 Å². The zero-order valence-electron chi connectivity index (χ0n) is 11.7. The first kappa shape index (κ1) is 17.1. The minimum absolute atomic E-state index is 0.0631. The summed E-state index contributed by atoms with van der Waals surface area (Å²) in [5.74, 6) is -1.09. The van der Waals surface area contributed by atoms with E-state index >= 15 is 0 Å². The molecule has 106 valence electrons. The van der Waals surface area contributed by atoms with Gasteiger partial charge in [0, 0.05) is 11.3 Å². The maximum absolute atomic E-state index is 11.6. The molecule has 0 radical (unpaired) electrons. The Bertz CT molecular complexity index is 295. The standard InChI is InChI=1S/C12H24N2O3S/c1-6-8(2)9(10(15)16)14-11(17)13-7-12(3,4)18-5/h8-9H,6-7H2,1-5H3,(H,15,16)(H2,13,14,17)/t8-,9-/m0/s1. The quantitative estimate of drug-likeness (QED) is 0.664. The van der Waals surface area contributed by atoms with E-state index in [1.165, 1.54) is 0 Å². The first-order valence-electron chi connectivity index (χ1n) is 6.05. The summed E-state index contributed by atoms with van der Waals surface area (Å²) in [4.78, 5) is 22.7. The molecule has 0 aromatic rings. The number of rotatable bonds is 7. The Labute approximate surface area is 113 Å². The van der Waals surface area contributed by atoms with Gasteiger partial charge in [0.15, 0.2) is 0 Å². The van der Waals surface area contributed by atoms with Crippen molar-refractivity contribution in [2.75, 3.05) is 12.8 Å². The van der Waals surface area contributed by atoms with Gasteiger partial charge < -0.3 is 15.7 Å². The summed E-state index contributed by atoms with van der Waals surface area (Å²) in [7, 11) is 0. The lowest BCUT2D eigenvalue weighted by molar-refractivity contribution is -0.140. The highest BCUT2D eigenvalue weighted by molar-refractivity contribution is 7.99. The fraction of sp³-hybridized carbons (Fsp3) is 0.833. The summed E-state index contributed by atoms with van der Waals surface area (Å²) in [6.07, 6.45) is 2.67. The minimum atomic E-state index is -0.997. The molecule has 0 bridgehead atoms. The van der Waals surface area contributed by atoms with Crippen molar-refractivity contribution >= 4 is 23.8 Å². The molecule has 0 spiro atoms. The van der Waals surface area contributed by atoms with Gasteiger partial charge in [-0.1, -0.05) is 20.3 Å². The fourth-order valence-electron chi connectivity index (χ4n) is 1.24. The molecule has 2 atom stereocenters. The Balaban J connectivity index is 4.32. The van der Waals surface area contributed by atoms with Crippen molar-refractivity contribution in [2.45, 2.75) is 44.9 Å². The van der Waals surface area contributed by atoms with Crippen LogP contribution in [-0.2, 0) is 4.79 Å². The molecule has 18 heavy (non-hydrogen) atoms. The van der Waals surface area contributed by atoms with Crippen LogP contribution in [0.1, 0.15) is 34.1 Å². The third-order valence-corrected chi connectivity index (χ3v) is 4.24. The molecule has 6 heteroatoms. The van der Waals surface area contributed by atoms with Crippen LogP contribution in [-0.4, -0.2) is 40.7 Å². The molecule has 0 saturated heterocycles. The Kier molecular flexibility index (Phi) is 7.13. The summed E-state index contributed by atoms with van der Waals surface area (Å²) in [5.41, 5.74) is 0. The predicted octanol–water partition coefficient (Wildman–Crippen LogP) is 1.93. The molecular formula is C12H24N2O3S. The van der Waals surface area contributed by atoms with Gasteiger partial charge in [-0.25, -0.2) is 9.59 Å². The Hall–Kier alpha value is -0.910. The summed E-state index contributed by atoms with van der Waals surface area (Å²) >= 11 is 1.65. The fourth-order valence-corrected chi connectivity index (χ4v) is 1.46. The van der Waals surface area contributed by atoms with Crippen molar-refractivity contribution in [1.29, 1.82) is 0 Å². The molecule has 0 fully saturated rings. The van der Waals surface area contributed by atoms with E-state index in [0.29, 0.717) is 13.0 Å². The molecule has 2 amide bonds. The van der Waals surface area contributed by atoms with E-state index in [4.69, 9.17) is 5.11 Å². The summed E-state index contributed by atoms with van der Waals surface area (Å²) in [6.45, 7) is 8.23. The SMILES string of the molecule is CC[C@H](C)[C@H](NC(=O)NCC(C)(C)SC)C(=O)O. The monoisotopic (exact) mass is 276 g/mol. The molecule has 0 aliphatic carbocycles. The number of hydrogen-bond acceptors (Lipinski definition) is 3. The van der Waals surface area contributed by atoms with E-state index in [0.717, 1.165) is 0 Å².